The topological polar surface area (TPSA) is 144 Å². The molecule has 1 aromatic carbocycles. The lowest BCUT2D eigenvalue weighted by Crippen LogP contribution is -2.57. The number of amides is 3. The molecular formula is C30H39N3O9. The summed E-state index contributed by atoms with van der Waals surface area (Å²) >= 11 is 0. The summed E-state index contributed by atoms with van der Waals surface area (Å²) < 4.78 is 22.7. The van der Waals surface area contributed by atoms with Crippen molar-refractivity contribution in [2.24, 2.45) is 10.8 Å². The first-order valence-electron chi connectivity index (χ1n) is 14.3. The third-order valence-corrected chi connectivity index (χ3v) is 8.31. The lowest BCUT2D eigenvalue weighted by Gasteiger charge is -2.34. The number of carbonyl (C=O) groups is 4. The third kappa shape index (κ3) is 5.98. The van der Waals surface area contributed by atoms with Gasteiger partial charge in [-0.3, -0.25) is 9.69 Å². The highest BCUT2D eigenvalue weighted by Crippen LogP contribution is 2.44. The largest absolute Gasteiger partial charge is 0.480 e. The van der Waals surface area contributed by atoms with E-state index in [4.69, 9.17) is 18.9 Å². The van der Waals surface area contributed by atoms with E-state index in [9.17, 15) is 24.3 Å². The average Bonchev–Trinajstić information content (AvgIpc) is 3.63. The Balaban J connectivity index is 1.46. The van der Waals surface area contributed by atoms with Crippen LogP contribution >= 0.6 is 0 Å². The van der Waals surface area contributed by atoms with Gasteiger partial charge in [0.1, 0.15) is 18.2 Å². The van der Waals surface area contributed by atoms with E-state index in [1.54, 1.807) is 25.7 Å². The molecule has 228 valence electrons. The Morgan fingerprint density at radius 1 is 1.12 bits per heavy atom. The standard InChI is InChI=1S/C30H39N3O9/c1-29(2,3)24-25(34)33-14-18(12-21(33)26(35)36)42-28(38)32-13-17-11-22-23(41-16-40-22)19(20(17)15-32)7-6-8-30(4,5)9-10-39-27(37)31-24/h6-7,11,18,21,24H,8-10,12-16H2,1-5H3,(H,31,37)(H,35,36)/b7-6-/t18-,21?,24-/m1/s1. The molecular weight excluding hydrogens is 546 g/mol. The molecule has 1 fully saturated rings. The Hall–Kier alpha value is -3.96. The number of alkyl carbamates (subject to hydrolysis) is 1. The SMILES string of the molecule is CC1(C)C/C=C\c2c3c(cc4c2OCO4)CN(C3)C(=O)O[C@@H]2CC(C(=O)O)N(C2)C(=O)[C@H](C(C)(C)C)NC(=O)OCC1. The number of cyclic esters (lactones) is 1. The van der Waals surface area contributed by atoms with Gasteiger partial charge in [-0.05, 0) is 40.9 Å². The number of rotatable bonds is 1. The number of aliphatic carboxylic acids is 1. The monoisotopic (exact) mass is 585 g/mol. The van der Waals surface area contributed by atoms with Gasteiger partial charge >= 0.3 is 18.2 Å². The maximum Gasteiger partial charge on any atom is 0.410 e. The molecule has 1 aromatic rings. The van der Waals surface area contributed by atoms with Crippen LogP contribution in [0.5, 0.6) is 11.5 Å². The average molecular weight is 586 g/mol. The second-order valence-corrected chi connectivity index (χ2v) is 13.2. The minimum atomic E-state index is -1.21. The lowest BCUT2D eigenvalue weighted by atomic mass is 9.85. The van der Waals surface area contributed by atoms with Crippen molar-refractivity contribution in [1.29, 1.82) is 0 Å². The number of carboxylic acids is 1. The Morgan fingerprint density at radius 2 is 1.88 bits per heavy atom. The van der Waals surface area contributed by atoms with Gasteiger partial charge in [-0.15, -0.1) is 0 Å². The summed E-state index contributed by atoms with van der Waals surface area (Å²) in [6, 6.07) is -0.384. The maximum absolute atomic E-state index is 13.7. The van der Waals surface area contributed by atoms with Crippen LogP contribution in [-0.4, -0.2) is 77.1 Å². The van der Waals surface area contributed by atoms with Crippen molar-refractivity contribution in [3.05, 3.63) is 28.8 Å². The van der Waals surface area contributed by atoms with Gasteiger partial charge in [0.05, 0.1) is 19.7 Å². The smallest absolute Gasteiger partial charge is 0.410 e. The zero-order chi connectivity index (χ0) is 30.4. The molecule has 5 rings (SSSR count). The molecule has 2 N–H and O–H groups in total. The highest BCUT2D eigenvalue weighted by atomic mass is 16.7. The van der Waals surface area contributed by atoms with E-state index in [0.717, 1.165) is 16.7 Å². The number of fused-ring (bicyclic) bond motifs is 5. The van der Waals surface area contributed by atoms with Crippen molar-refractivity contribution in [3.8, 4) is 11.5 Å². The van der Waals surface area contributed by atoms with E-state index < -0.39 is 47.7 Å². The first-order valence-corrected chi connectivity index (χ1v) is 14.3. The number of nitrogens with zero attached hydrogens (tertiary/aromatic N) is 2. The molecule has 3 amide bonds. The first-order chi connectivity index (χ1) is 19.7. The van der Waals surface area contributed by atoms with Gasteiger partial charge in [0.25, 0.3) is 0 Å². The summed E-state index contributed by atoms with van der Waals surface area (Å²) in [6.07, 6.45) is 3.03. The summed E-state index contributed by atoms with van der Waals surface area (Å²) in [5, 5.41) is 12.6. The molecule has 4 aliphatic heterocycles. The van der Waals surface area contributed by atoms with Gasteiger partial charge < -0.3 is 34.3 Å². The fourth-order valence-corrected chi connectivity index (χ4v) is 5.82. The Kier molecular flexibility index (Phi) is 7.76. The molecule has 4 heterocycles. The number of ether oxygens (including phenoxy) is 4. The van der Waals surface area contributed by atoms with Gasteiger partial charge in [0.2, 0.25) is 12.7 Å². The zero-order valence-corrected chi connectivity index (χ0v) is 24.7. The highest BCUT2D eigenvalue weighted by Gasteiger charge is 2.47. The van der Waals surface area contributed by atoms with E-state index in [-0.39, 0.29) is 38.3 Å². The quantitative estimate of drug-likeness (QED) is 0.501. The molecule has 0 aliphatic carbocycles. The van der Waals surface area contributed by atoms with Crippen LogP contribution in [0.3, 0.4) is 0 Å². The lowest BCUT2D eigenvalue weighted by molar-refractivity contribution is -0.150. The van der Waals surface area contributed by atoms with Gasteiger partial charge in [-0.1, -0.05) is 46.8 Å². The summed E-state index contributed by atoms with van der Waals surface area (Å²) in [7, 11) is 0. The van der Waals surface area contributed by atoms with Crippen molar-refractivity contribution in [2.45, 2.75) is 85.2 Å². The molecule has 0 aromatic heterocycles. The Labute approximate surface area is 244 Å². The predicted octanol–water partition coefficient (Wildman–Crippen LogP) is 3.90. The molecule has 0 spiro atoms. The van der Waals surface area contributed by atoms with Crippen LogP contribution in [-0.2, 0) is 32.2 Å². The number of nitrogens with one attached hydrogen (secondary N) is 1. The normalized spacial score (nSPS) is 26.8. The highest BCUT2D eigenvalue weighted by molar-refractivity contribution is 5.90. The maximum atomic E-state index is 13.7. The molecule has 12 nitrogen and oxygen atoms in total. The molecule has 3 atom stereocenters. The van der Waals surface area contributed by atoms with Gasteiger partial charge in [0.15, 0.2) is 11.5 Å². The van der Waals surface area contributed by atoms with Crippen molar-refractivity contribution in [2.75, 3.05) is 19.9 Å². The van der Waals surface area contributed by atoms with Crippen LogP contribution in [0.25, 0.3) is 6.08 Å². The van der Waals surface area contributed by atoms with Crippen molar-refractivity contribution >= 4 is 30.1 Å². The Bertz CT molecular complexity index is 1320. The second-order valence-electron chi connectivity index (χ2n) is 13.2. The van der Waals surface area contributed by atoms with Crippen LogP contribution in [0.1, 0.15) is 70.6 Å². The van der Waals surface area contributed by atoms with Crippen LogP contribution in [0.2, 0.25) is 0 Å². The van der Waals surface area contributed by atoms with Crippen molar-refractivity contribution in [3.63, 3.8) is 0 Å². The zero-order valence-electron chi connectivity index (χ0n) is 24.7. The van der Waals surface area contributed by atoms with Crippen molar-refractivity contribution < 1.29 is 43.2 Å². The second kappa shape index (κ2) is 11.0. The molecule has 12 heteroatoms. The fraction of sp³-hybridized carbons (Fsp3) is 0.600. The number of allylic oxidation sites excluding steroid dienone is 1. The van der Waals surface area contributed by atoms with Crippen LogP contribution in [0, 0.1) is 10.8 Å². The summed E-state index contributed by atoms with van der Waals surface area (Å²) in [5.41, 5.74) is 1.72. The molecule has 1 saturated heterocycles. The summed E-state index contributed by atoms with van der Waals surface area (Å²) in [5.74, 6) is -0.540. The third-order valence-electron chi connectivity index (χ3n) is 8.31. The minimum Gasteiger partial charge on any atom is -0.480 e. The van der Waals surface area contributed by atoms with Crippen LogP contribution in [0.15, 0.2) is 12.1 Å². The predicted molar refractivity (Wildman–Crippen MR) is 150 cm³/mol. The van der Waals surface area contributed by atoms with E-state index in [0.29, 0.717) is 30.9 Å². The molecule has 42 heavy (non-hydrogen) atoms. The summed E-state index contributed by atoms with van der Waals surface area (Å²) in [4.78, 5) is 54.7. The molecule has 0 saturated carbocycles. The van der Waals surface area contributed by atoms with Gasteiger partial charge in [-0.25, -0.2) is 14.4 Å². The van der Waals surface area contributed by atoms with E-state index in [2.05, 4.69) is 19.2 Å². The Morgan fingerprint density at radius 3 is 2.60 bits per heavy atom. The van der Waals surface area contributed by atoms with E-state index in [1.165, 1.54) is 4.90 Å². The van der Waals surface area contributed by atoms with Crippen LogP contribution in [0.4, 0.5) is 9.59 Å². The fourth-order valence-electron chi connectivity index (χ4n) is 5.82. The molecule has 0 radical (unpaired) electrons. The number of carbonyl (C=O) groups excluding carboxylic acids is 3. The number of benzene rings is 1. The molecule has 4 aliphatic rings. The first kappa shape index (κ1) is 29.5. The van der Waals surface area contributed by atoms with E-state index in [1.807, 2.05) is 18.2 Å². The molecule has 1 unspecified atom stereocenters. The molecule has 4 bridgehead atoms. The van der Waals surface area contributed by atoms with Crippen LogP contribution < -0.4 is 14.8 Å². The minimum absolute atomic E-state index is 0.0615. The number of hydrogen-bond acceptors (Lipinski definition) is 8. The van der Waals surface area contributed by atoms with Gasteiger partial charge in [0, 0.05) is 18.5 Å². The number of carboxylic acid groups (broad SMARTS) is 1. The van der Waals surface area contributed by atoms with Crippen molar-refractivity contribution in [1.82, 2.24) is 15.1 Å². The number of hydrogen-bond donors (Lipinski definition) is 2. The van der Waals surface area contributed by atoms with Gasteiger partial charge in [-0.2, -0.15) is 0 Å². The van der Waals surface area contributed by atoms with E-state index >= 15 is 0 Å². The summed E-state index contributed by atoms with van der Waals surface area (Å²) in [6.45, 7) is 10.2.